The second-order valence-electron chi connectivity index (χ2n) is 3.47. The number of rotatable bonds is 3. The fourth-order valence-electron chi connectivity index (χ4n) is 1.39. The number of nitrogens with zero attached hydrogens (tertiary/aromatic N) is 4. The van der Waals surface area contributed by atoms with E-state index in [0.29, 0.717) is 22.3 Å². The largest absolute Gasteiger partial charge is 0.494 e. The maximum Gasteiger partial charge on any atom is 0.188 e. The van der Waals surface area contributed by atoms with Gasteiger partial charge in [0.05, 0.1) is 13.7 Å². The summed E-state index contributed by atoms with van der Waals surface area (Å²) < 4.78 is 5.23. The van der Waals surface area contributed by atoms with Gasteiger partial charge in [-0.05, 0) is 23.8 Å². The van der Waals surface area contributed by atoms with Gasteiger partial charge in [0.15, 0.2) is 5.82 Å². The fraction of sp³-hybridized carbons (Fsp3) is 0.300. The summed E-state index contributed by atoms with van der Waals surface area (Å²) >= 11 is 6.02. The Labute approximate surface area is 103 Å². The first-order valence-electron chi connectivity index (χ1n) is 4.99. The van der Waals surface area contributed by atoms with E-state index in [1.165, 1.54) is 4.80 Å². The number of hydrogen-bond donors (Lipinski definition) is 1. The lowest BCUT2D eigenvalue weighted by Gasteiger charge is -2.08. The van der Waals surface area contributed by atoms with Crippen LogP contribution in [0.15, 0.2) is 12.1 Å². The quantitative estimate of drug-likeness (QED) is 0.886. The van der Waals surface area contributed by atoms with Crippen molar-refractivity contribution in [1.82, 2.24) is 20.2 Å². The molecule has 0 bridgehead atoms. The number of hydrogen-bond acceptors (Lipinski definition) is 5. The lowest BCUT2D eigenvalue weighted by atomic mass is 10.2. The molecule has 0 unspecified atom stereocenters. The Morgan fingerprint density at radius 3 is 2.82 bits per heavy atom. The summed E-state index contributed by atoms with van der Waals surface area (Å²) in [4.78, 5) is 1.38. The Kier molecular flexibility index (Phi) is 3.26. The van der Waals surface area contributed by atoms with Gasteiger partial charge in [-0.1, -0.05) is 11.6 Å². The van der Waals surface area contributed by atoms with E-state index in [1.807, 2.05) is 13.0 Å². The van der Waals surface area contributed by atoms with Gasteiger partial charge in [0, 0.05) is 11.1 Å². The summed E-state index contributed by atoms with van der Waals surface area (Å²) in [5, 5.41) is 12.5. The second kappa shape index (κ2) is 4.68. The van der Waals surface area contributed by atoms with Crippen LogP contribution in [-0.4, -0.2) is 27.3 Å². The zero-order valence-corrected chi connectivity index (χ0v) is 10.3. The zero-order chi connectivity index (χ0) is 12.4. The van der Waals surface area contributed by atoms with Gasteiger partial charge in [-0.15, -0.1) is 15.0 Å². The number of tetrazole rings is 1. The highest BCUT2D eigenvalue weighted by Crippen LogP contribution is 2.28. The highest BCUT2D eigenvalue weighted by molar-refractivity contribution is 6.31. The van der Waals surface area contributed by atoms with Crippen molar-refractivity contribution in [3.8, 4) is 11.4 Å². The van der Waals surface area contributed by atoms with Crippen LogP contribution in [0.4, 0.5) is 0 Å². The van der Waals surface area contributed by atoms with E-state index in [-0.39, 0.29) is 6.54 Å². The van der Waals surface area contributed by atoms with Crippen molar-refractivity contribution in [2.75, 3.05) is 7.11 Å². The Bertz CT molecular complexity index is 539. The average molecular weight is 254 g/mol. The van der Waals surface area contributed by atoms with Gasteiger partial charge in [-0.25, -0.2) is 0 Å². The molecule has 0 spiro atoms. The van der Waals surface area contributed by atoms with Crippen molar-refractivity contribution < 1.29 is 4.74 Å². The molecule has 90 valence electrons. The van der Waals surface area contributed by atoms with E-state index in [9.17, 15) is 0 Å². The maximum absolute atomic E-state index is 6.02. The molecule has 0 amide bonds. The summed E-state index contributed by atoms with van der Waals surface area (Å²) in [5.41, 5.74) is 7.03. The molecular weight excluding hydrogens is 242 g/mol. The predicted molar refractivity (Wildman–Crippen MR) is 63.3 cm³/mol. The van der Waals surface area contributed by atoms with Crippen molar-refractivity contribution in [2.24, 2.45) is 5.73 Å². The van der Waals surface area contributed by atoms with Crippen LogP contribution in [0.3, 0.4) is 0 Å². The molecule has 0 saturated heterocycles. The number of aromatic nitrogens is 4. The average Bonchev–Trinajstić information content (AvgIpc) is 2.80. The number of aryl methyl sites for hydroxylation is 1. The van der Waals surface area contributed by atoms with Gasteiger partial charge in [0.25, 0.3) is 0 Å². The number of halogens is 1. The highest BCUT2D eigenvalue weighted by atomic mass is 35.5. The second-order valence-corrected chi connectivity index (χ2v) is 3.88. The molecule has 6 nitrogen and oxygen atoms in total. The van der Waals surface area contributed by atoms with Crippen LogP contribution in [-0.2, 0) is 6.54 Å². The molecule has 2 rings (SSSR count). The Morgan fingerprint density at radius 1 is 1.47 bits per heavy atom. The van der Waals surface area contributed by atoms with Gasteiger partial charge in [0.1, 0.15) is 11.4 Å². The van der Waals surface area contributed by atoms with Gasteiger partial charge in [-0.3, -0.25) is 0 Å². The molecule has 0 fully saturated rings. The van der Waals surface area contributed by atoms with E-state index >= 15 is 0 Å². The zero-order valence-electron chi connectivity index (χ0n) is 9.51. The van der Waals surface area contributed by atoms with Crippen molar-refractivity contribution in [2.45, 2.75) is 13.5 Å². The molecule has 1 aromatic heterocycles. The van der Waals surface area contributed by atoms with Crippen LogP contribution in [0, 0.1) is 6.92 Å². The molecule has 0 aliphatic carbocycles. The third-order valence-corrected chi connectivity index (χ3v) is 2.72. The van der Waals surface area contributed by atoms with Crippen LogP contribution >= 0.6 is 11.6 Å². The normalized spacial score (nSPS) is 10.6. The van der Waals surface area contributed by atoms with Crippen LogP contribution in [0.25, 0.3) is 5.69 Å². The lowest BCUT2D eigenvalue weighted by Crippen LogP contribution is -2.04. The van der Waals surface area contributed by atoms with Crippen molar-refractivity contribution in [3.63, 3.8) is 0 Å². The van der Waals surface area contributed by atoms with Crippen molar-refractivity contribution in [1.29, 1.82) is 0 Å². The third-order valence-electron chi connectivity index (χ3n) is 2.31. The van der Waals surface area contributed by atoms with Gasteiger partial charge >= 0.3 is 0 Å². The molecule has 2 N–H and O–H groups in total. The number of nitrogens with two attached hydrogens (primary N) is 1. The molecule has 2 aromatic rings. The molecule has 17 heavy (non-hydrogen) atoms. The number of methoxy groups -OCH3 is 1. The lowest BCUT2D eigenvalue weighted by molar-refractivity contribution is 0.409. The standard InChI is InChI=1S/C10H12ClN5O/c1-6-3-8(9(17-2)4-7(6)11)16-14-10(5-12)13-15-16/h3-4H,5,12H2,1-2H3. The summed E-state index contributed by atoms with van der Waals surface area (Å²) in [6, 6.07) is 3.56. The molecule has 0 aliphatic heterocycles. The Hall–Kier alpha value is -1.66. The summed E-state index contributed by atoms with van der Waals surface area (Å²) in [5.74, 6) is 1.06. The number of benzene rings is 1. The predicted octanol–water partition coefficient (Wildman–Crippen LogP) is 1.09. The van der Waals surface area contributed by atoms with Crippen LogP contribution in [0.5, 0.6) is 5.75 Å². The molecule has 0 atom stereocenters. The fourth-order valence-corrected chi connectivity index (χ4v) is 1.55. The van der Waals surface area contributed by atoms with Gasteiger partial charge in [-0.2, -0.15) is 0 Å². The van der Waals surface area contributed by atoms with Gasteiger partial charge < -0.3 is 10.5 Å². The topological polar surface area (TPSA) is 78.8 Å². The molecular formula is C10H12ClN5O. The first-order chi connectivity index (χ1) is 8.15. The smallest absolute Gasteiger partial charge is 0.188 e. The van der Waals surface area contributed by atoms with Crippen molar-refractivity contribution >= 4 is 11.6 Å². The van der Waals surface area contributed by atoms with Gasteiger partial charge in [0.2, 0.25) is 0 Å². The minimum atomic E-state index is 0.245. The molecule has 1 aromatic carbocycles. The van der Waals surface area contributed by atoms with Crippen LogP contribution in [0.2, 0.25) is 5.02 Å². The van der Waals surface area contributed by atoms with E-state index in [2.05, 4.69) is 15.4 Å². The van der Waals surface area contributed by atoms with Crippen LogP contribution < -0.4 is 10.5 Å². The number of ether oxygens (including phenoxy) is 1. The maximum atomic E-state index is 6.02. The SMILES string of the molecule is COc1cc(Cl)c(C)cc1-n1nnc(CN)n1. The van der Waals surface area contributed by atoms with E-state index in [0.717, 1.165) is 5.56 Å². The van der Waals surface area contributed by atoms with E-state index in [4.69, 9.17) is 22.1 Å². The molecule has 7 heteroatoms. The van der Waals surface area contributed by atoms with E-state index < -0.39 is 0 Å². The first kappa shape index (κ1) is 11.8. The Balaban J connectivity index is 2.53. The first-order valence-corrected chi connectivity index (χ1v) is 5.37. The van der Waals surface area contributed by atoms with Crippen LogP contribution in [0.1, 0.15) is 11.4 Å². The summed E-state index contributed by atoms with van der Waals surface area (Å²) in [7, 11) is 1.56. The summed E-state index contributed by atoms with van der Waals surface area (Å²) in [6.45, 7) is 2.14. The molecule has 1 heterocycles. The monoisotopic (exact) mass is 253 g/mol. The minimum absolute atomic E-state index is 0.245. The highest BCUT2D eigenvalue weighted by Gasteiger charge is 2.11. The molecule has 0 saturated carbocycles. The van der Waals surface area contributed by atoms with Crippen molar-refractivity contribution in [3.05, 3.63) is 28.5 Å². The molecule has 0 aliphatic rings. The van der Waals surface area contributed by atoms with E-state index in [1.54, 1.807) is 13.2 Å². The summed E-state index contributed by atoms with van der Waals surface area (Å²) in [6.07, 6.45) is 0. The minimum Gasteiger partial charge on any atom is -0.494 e. The molecule has 0 radical (unpaired) electrons. The third kappa shape index (κ3) is 2.22. The Morgan fingerprint density at radius 2 is 2.24 bits per heavy atom.